The molecule has 1 rings (SSSR count). The summed E-state index contributed by atoms with van der Waals surface area (Å²) >= 11 is 5.65. The van der Waals surface area contributed by atoms with Gasteiger partial charge in [-0.3, -0.25) is 0 Å². The van der Waals surface area contributed by atoms with Crippen LogP contribution >= 0.6 is 11.6 Å². The lowest BCUT2D eigenvalue weighted by Gasteiger charge is -2.12. The molecule has 0 amide bonds. The van der Waals surface area contributed by atoms with Crippen molar-refractivity contribution in [2.24, 2.45) is 0 Å². The highest BCUT2D eigenvalue weighted by molar-refractivity contribution is 6.30. The number of aliphatic hydroxyl groups is 1. The molecule has 0 heterocycles. The summed E-state index contributed by atoms with van der Waals surface area (Å²) in [4.78, 5) is 0. The van der Waals surface area contributed by atoms with E-state index >= 15 is 0 Å². The van der Waals surface area contributed by atoms with Gasteiger partial charge in [-0.25, -0.2) is 4.39 Å². The molecule has 1 aromatic rings. The maximum atomic E-state index is 13.4. The van der Waals surface area contributed by atoms with Crippen LogP contribution in [0.5, 0.6) is 0 Å². The first-order valence-electron chi connectivity index (χ1n) is 4.92. The number of hydrogen-bond donors (Lipinski definition) is 2. The molecular weight excluding hydrogens is 217 g/mol. The van der Waals surface area contributed by atoms with Crippen molar-refractivity contribution in [1.82, 2.24) is 5.32 Å². The van der Waals surface area contributed by atoms with Gasteiger partial charge in [0.1, 0.15) is 5.82 Å². The normalized spacial score (nSPS) is 12.8. The van der Waals surface area contributed by atoms with E-state index in [-0.39, 0.29) is 23.5 Å². The number of hydrogen-bond acceptors (Lipinski definition) is 2. The number of benzene rings is 1. The predicted octanol–water partition coefficient (Wildman–Crippen LogP) is 2.34. The summed E-state index contributed by atoms with van der Waals surface area (Å²) < 4.78 is 13.4. The van der Waals surface area contributed by atoms with Gasteiger partial charge >= 0.3 is 0 Å². The Bertz CT molecular complexity index is 319. The van der Waals surface area contributed by atoms with Crippen molar-refractivity contribution in [2.75, 3.05) is 6.61 Å². The third-order valence-electron chi connectivity index (χ3n) is 2.23. The Morgan fingerprint density at radius 1 is 1.53 bits per heavy atom. The molecule has 0 aliphatic rings. The molecule has 0 spiro atoms. The van der Waals surface area contributed by atoms with Gasteiger partial charge in [0.15, 0.2) is 0 Å². The van der Waals surface area contributed by atoms with Gasteiger partial charge in [-0.1, -0.05) is 23.7 Å². The van der Waals surface area contributed by atoms with Crippen LogP contribution in [-0.2, 0) is 6.54 Å². The summed E-state index contributed by atoms with van der Waals surface area (Å²) in [7, 11) is 0. The minimum Gasteiger partial charge on any atom is -0.396 e. The Morgan fingerprint density at radius 2 is 2.27 bits per heavy atom. The summed E-state index contributed by atoms with van der Waals surface area (Å²) in [5.74, 6) is -0.372. The highest BCUT2D eigenvalue weighted by Crippen LogP contribution is 2.17. The predicted molar refractivity (Wildman–Crippen MR) is 59.4 cm³/mol. The van der Waals surface area contributed by atoms with E-state index < -0.39 is 0 Å². The van der Waals surface area contributed by atoms with Gasteiger partial charge in [0.2, 0.25) is 0 Å². The fraction of sp³-hybridized carbons (Fsp3) is 0.455. The standard InChI is InChI=1S/C11H15ClFNO/c1-8(5-6-15)14-7-9-3-2-4-10(12)11(9)13/h2-4,8,14-15H,5-7H2,1H3/t8-/m1/s1. The first-order chi connectivity index (χ1) is 7.15. The van der Waals surface area contributed by atoms with E-state index in [1.165, 1.54) is 6.07 Å². The molecule has 84 valence electrons. The third-order valence-corrected chi connectivity index (χ3v) is 2.53. The van der Waals surface area contributed by atoms with E-state index in [0.717, 1.165) is 0 Å². The molecule has 1 aromatic carbocycles. The van der Waals surface area contributed by atoms with Crippen molar-refractivity contribution < 1.29 is 9.50 Å². The Kier molecular flexibility index (Phi) is 5.02. The topological polar surface area (TPSA) is 32.3 Å². The van der Waals surface area contributed by atoms with Crippen LogP contribution < -0.4 is 5.32 Å². The Hall–Kier alpha value is -0.640. The van der Waals surface area contributed by atoms with Crippen LogP contribution in [0, 0.1) is 5.82 Å². The Morgan fingerprint density at radius 3 is 2.93 bits per heavy atom. The number of aliphatic hydroxyl groups excluding tert-OH is 1. The summed E-state index contributed by atoms with van der Waals surface area (Å²) in [6.45, 7) is 2.50. The second-order valence-corrected chi connectivity index (χ2v) is 3.91. The van der Waals surface area contributed by atoms with E-state index in [9.17, 15) is 4.39 Å². The van der Waals surface area contributed by atoms with Crippen LogP contribution in [0.3, 0.4) is 0 Å². The van der Waals surface area contributed by atoms with E-state index in [0.29, 0.717) is 18.5 Å². The van der Waals surface area contributed by atoms with Crippen LogP contribution in [0.1, 0.15) is 18.9 Å². The van der Waals surface area contributed by atoms with Gasteiger partial charge in [0.05, 0.1) is 5.02 Å². The fourth-order valence-corrected chi connectivity index (χ4v) is 1.46. The quantitative estimate of drug-likeness (QED) is 0.815. The van der Waals surface area contributed by atoms with E-state index in [1.807, 2.05) is 6.92 Å². The molecular formula is C11H15ClFNO. The zero-order valence-electron chi connectivity index (χ0n) is 8.63. The van der Waals surface area contributed by atoms with Gasteiger partial charge in [-0.05, 0) is 19.4 Å². The average Bonchev–Trinajstić information content (AvgIpc) is 2.21. The van der Waals surface area contributed by atoms with Gasteiger partial charge in [-0.2, -0.15) is 0 Å². The van der Waals surface area contributed by atoms with Crippen molar-refractivity contribution in [1.29, 1.82) is 0 Å². The van der Waals surface area contributed by atoms with Crippen molar-refractivity contribution in [3.8, 4) is 0 Å². The molecule has 0 aromatic heterocycles. The lowest BCUT2D eigenvalue weighted by molar-refractivity contribution is 0.268. The van der Waals surface area contributed by atoms with Gasteiger partial charge < -0.3 is 10.4 Å². The minimum absolute atomic E-state index is 0.131. The molecule has 1 atom stereocenters. The highest BCUT2D eigenvalue weighted by atomic mass is 35.5. The summed E-state index contributed by atoms with van der Waals surface area (Å²) in [5, 5.41) is 11.9. The van der Waals surface area contributed by atoms with E-state index in [2.05, 4.69) is 5.32 Å². The smallest absolute Gasteiger partial charge is 0.146 e. The highest BCUT2D eigenvalue weighted by Gasteiger charge is 2.07. The largest absolute Gasteiger partial charge is 0.396 e. The Balaban J connectivity index is 2.54. The van der Waals surface area contributed by atoms with E-state index in [1.54, 1.807) is 12.1 Å². The SMILES string of the molecule is C[C@H](CCO)NCc1cccc(Cl)c1F. The van der Waals surface area contributed by atoms with Crippen LogP contribution in [0.2, 0.25) is 5.02 Å². The maximum absolute atomic E-state index is 13.4. The van der Waals surface area contributed by atoms with Gasteiger partial charge in [0, 0.05) is 24.8 Å². The van der Waals surface area contributed by atoms with E-state index in [4.69, 9.17) is 16.7 Å². The molecule has 0 aliphatic carbocycles. The molecule has 0 aliphatic heterocycles. The molecule has 0 unspecified atom stereocenters. The summed E-state index contributed by atoms with van der Waals surface area (Å²) in [5.41, 5.74) is 0.548. The van der Waals surface area contributed by atoms with Crippen molar-refractivity contribution in [3.05, 3.63) is 34.6 Å². The average molecular weight is 232 g/mol. The first-order valence-corrected chi connectivity index (χ1v) is 5.30. The molecule has 0 saturated carbocycles. The number of halogens is 2. The second-order valence-electron chi connectivity index (χ2n) is 3.51. The third kappa shape index (κ3) is 3.78. The summed E-state index contributed by atoms with van der Waals surface area (Å²) in [6.07, 6.45) is 0.655. The van der Waals surface area contributed by atoms with Crippen molar-refractivity contribution in [3.63, 3.8) is 0 Å². The molecule has 0 saturated heterocycles. The van der Waals surface area contributed by atoms with Crippen LogP contribution in [0.4, 0.5) is 4.39 Å². The molecule has 0 fully saturated rings. The summed E-state index contributed by atoms with van der Waals surface area (Å²) in [6, 6.07) is 5.10. The lowest BCUT2D eigenvalue weighted by atomic mass is 10.2. The van der Waals surface area contributed by atoms with Gasteiger partial charge in [0.25, 0.3) is 0 Å². The van der Waals surface area contributed by atoms with Crippen LogP contribution in [0.25, 0.3) is 0 Å². The number of rotatable bonds is 5. The van der Waals surface area contributed by atoms with Crippen LogP contribution in [-0.4, -0.2) is 17.8 Å². The zero-order valence-corrected chi connectivity index (χ0v) is 9.39. The Labute approximate surface area is 94.1 Å². The molecule has 2 N–H and O–H groups in total. The first kappa shape index (κ1) is 12.4. The molecule has 4 heteroatoms. The van der Waals surface area contributed by atoms with Crippen molar-refractivity contribution >= 4 is 11.6 Å². The van der Waals surface area contributed by atoms with Gasteiger partial charge in [-0.15, -0.1) is 0 Å². The van der Waals surface area contributed by atoms with Crippen molar-refractivity contribution in [2.45, 2.75) is 25.9 Å². The monoisotopic (exact) mass is 231 g/mol. The zero-order chi connectivity index (χ0) is 11.3. The molecule has 15 heavy (non-hydrogen) atoms. The molecule has 0 bridgehead atoms. The van der Waals surface area contributed by atoms with Crippen LogP contribution in [0.15, 0.2) is 18.2 Å². The maximum Gasteiger partial charge on any atom is 0.146 e. The fourth-order valence-electron chi connectivity index (χ4n) is 1.26. The minimum atomic E-state index is -0.372. The lowest BCUT2D eigenvalue weighted by Crippen LogP contribution is -2.26. The second kappa shape index (κ2) is 6.05. The molecule has 2 nitrogen and oxygen atoms in total. The molecule has 0 radical (unpaired) electrons. The number of nitrogens with one attached hydrogen (secondary N) is 1.